The number of nitrogens with zero attached hydrogens (tertiary/aromatic N) is 2. The van der Waals surface area contributed by atoms with Gasteiger partial charge in [0.1, 0.15) is 17.3 Å². The van der Waals surface area contributed by atoms with Gasteiger partial charge in [-0.25, -0.2) is 9.97 Å². The highest BCUT2D eigenvalue weighted by molar-refractivity contribution is 5.92. The molecule has 3 rings (SSSR count). The third-order valence-corrected chi connectivity index (χ3v) is 4.35. The normalized spacial score (nSPS) is 10.4. The number of ether oxygens (including phenoxy) is 1. The molecule has 0 aliphatic carbocycles. The lowest BCUT2D eigenvalue weighted by Crippen LogP contribution is -2.26. The van der Waals surface area contributed by atoms with E-state index >= 15 is 0 Å². The average Bonchev–Trinajstić information content (AvgIpc) is 2.74. The second-order valence-corrected chi connectivity index (χ2v) is 6.44. The van der Waals surface area contributed by atoms with Crippen LogP contribution in [0.5, 0.6) is 5.75 Å². The Morgan fingerprint density at radius 1 is 1.04 bits per heavy atom. The van der Waals surface area contributed by atoms with Crippen LogP contribution in [-0.2, 0) is 13.0 Å². The van der Waals surface area contributed by atoms with E-state index in [1.165, 1.54) is 11.8 Å². The Labute approximate surface area is 165 Å². The van der Waals surface area contributed by atoms with Crippen LogP contribution in [0.25, 0.3) is 0 Å². The van der Waals surface area contributed by atoms with Gasteiger partial charge in [0.25, 0.3) is 5.91 Å². The van der Waals surface area contributed by atoms with Gasteiger partial charge in [-0.15, -0.1) is 0 Å². The van der Waals surface area contributed by atoms with Crippen LogP contribution in [0.3, 0.4) is 0 Å². The molecule has 2 aromatic carbocycles. The van der Waals surface area contributed by atoms with Gasteiger partial charge < -0.3 is 15.4 Å². The fraction of sp³-hybridized carbons (Fsp3) is 0.227. The molecular weight excluding hydrogens is 352 g/mol. The third kappa shape index (κ3) is 5.30. The maximum absolute atomic E-state index is 12.2. The number of rotatable bonds is 8. The molecule has 2 N–H and O–H groups in total. The number of aryl methyl sites for hydroxylation is 1. The topological polar surface area (TPSA) is 76.1 Å². The number of methoxy groups -OCH3 is 1. The molecule has 1 amide bonds. The molecule has 3 aromatic rings. The van der Waals surface area contributed by atoms with Crippen molar-refractivity contribution in [2.75, 3.05) is 19.0 Å². The lowest BCUT2D eigenvalue weighted by Gasteiger charge is -2.09. The first kappa shape index (κ1) is 19.4. The van der Waals surface area contributed by atoms with Gasteiger partial charge in [-0.05, 0) is 30.5 Å². The first-order valence-electron chi connectivity index (χ1n) is 9.17. The van der Waals surface area contributed by atoms with Gasteiger partial charge in [0.05, 0.1) is 19.5 Å². The SMILES string of the molecule is COc1ccccc1CCNC(=O)c1cnc(NCc2ccc(C)cc2)cn1. The largest absolute Gasteiger partial charge is 0.496 e. The fourth-order valence-electron chi connectivity index (χ4n) is 2.75. The molecule has 6 heteroatoms. The molecule has 1 aromatic heterocycles. The number of anilines is 1. The van der Waals surface area contributed by atoms with Gasteiger partial charge in [-0.3, -0.25) is 4.79 Å². The van der Waals surface area contributed by atoms with Crippen molar-refractivity contribution in [3.8, 4) is 5.75 Å². The highest BCUT2D eigenvalue weighted by Crippen LogP contribution is 2.17. The first-order chi connectivity index (χ1) is 13.7. The maximum atomic E-state index is 12.2. The summed E-state index contributed by atoms with van der Waals surface area (Å²) >= 11 is 0. The van der Waals surface area contributed by atoms with Crippen molar-refractivity contribution in [3.05, 3.63) is 83.3 Å². The summed E-state index contributed by atoms with van der Waals surface area (Å²) in [7, 11) is 1.64. The minimum atomic E-state index is -0.243. The molecule has 0 saturated heterocycles. The minimum Gasteiger partial charge on any atom is -0.496 e. The highest BCUT2D eigenvalue weighted by Gasteiger charge is 2.08. The number of nitrogens with one attached hydrogen (secondary N) is 2. The van der Waals surface area contributed by atoms with E-state index < -0.39 is 0 Å². The van der Waals surface area contributed by atoms with Crippen LogP contribution >= 0.6 is 0 Å². The van der Waals surface area contributed by atoms with Crippen LogP contribution in [0, 0.1) is 6.92 Å². The lowest BCUT2D eigenvalue weighted by molar-refractivity contribution is 0.0948. The average molecular weight is 376 g/mol. The predicted molar refractivity (Wildman–Crippen MR) is 110 cm³/mol. The monoisotopic (exact) mass is 376 g/mol. The quantitative estimate of drug-likeness (QED) is 0.630. The van der Waals surface area contributed by atoms with E-state index in [4.69, 9.17) is 4.74 Å². The van der Waals surface area contributed by atoms with E-state index in [1.54, 1.807) is 13.3 Å². The summed E-state index contributed by atoms with van der Waals surface area (Å²) in [5.74, 6) is 1.21. The Morgan fingerprint density at radius 2 is 1.82 bits per heavy atom. The molecule has 0 aliphatic heterocycles. The number of hydrogen-bond donors (Lipinski definition) is 2. The molecule has 0 atom stereocenters. The molecule has 0 radical (unpaired) electrons. The van der Waals surface area contributed by atoms with E-state index in [9.17, 15) is 4.79 Å². The van der Waals surface area contributed by atoms with Gasteiger partial charge >= 0.3 is 0 Å². The van der Waals surface area contributed by atoms with Crippen molar-refractivity contribution in [1.82, 2.24) is 15.3 Å². The van der Waals surface area contributed by atoms with Gasteiger partial charge in [0.15, 0.2) is 0 Å². The molecule has 6 nitrogen and oxygen atoms in total. The molecule has 144 valence electrons. The minimum absolute atomic E-state index is 0.243. The summed E-state index contributed by atoms with van der Waals surface area (Å²) in [5.41, 5.74) is 3.73. The number of carbonyl (C=O) groups excluding carboxylic acids is 1. The van der Waals surface area contributed by atoms with Gasteiger partial charge in [-0.2, -0.15) is 0 Å². The maximum Gasteiger partial charge on any atom is 0.271 e. The van der Waals surface area contributed by atoms with Gasteiger partial charge in [0, 0.05) is 13.1 Å². The van der Waals surface area contributed by atoms with Crippen molar-refractivity contribution in [3.63, 3.8) is 0 Å². The zero-order valence-corrected chi connectivity index (χ0v) is 16.1. The molecule has 1 heterocycles. The summed E-state index contributed by atoms with van der Waals surface area (Å²) in [6.07, 6.45) is 3.73. The number of amides is 1. The Bertz CT molecular complexity index is 909. The summed E-state index contributed by atoms with van der Waals surface area (Å²) in [5, 5.41) is 6.07. The highest BCUT2D eigenvalue weighted by atomic mass is 16.5. The Morgan fingerprint density at radius 3 is 2.54 bits per heavy atom. The smallest absolute Gasteiger partial charge is 0.271 e. The summed E-state index contributed by atoms with van der Waals surface area (Å²) in [6.45, 7) is 3.20. The number of aromatic nitrogens is 2. The van der Waals surface area contributed by atoms with Crippen LogP contribution in [0.15, 0.2) is 60.9 Å². The fourth-order valence-corrected chi connectivity index (χ4v) is 2.75. The molecule has 0 aliphatic rings. The van der Waals surface area contributed by atoms with Crippen LogP contribution in [0.1, 0.15) is 27.2 Å². The van der Waals surface area contributed by atoms with Crippen molar-refractivity contribution >= 4 is 11.7 Å². The van der Waals surface area contributed by atoms with Crippen LogP contribution in [-0.4, -0.2) is 29.5 Å². The number of hydrogen-bond acceptors (Lipinski definition) is 5. The second kappa shape index (κ2) is 9.50. The van der Waals surface area contributed by atoms with E-state index in [1.807, 2.05) is 24.3 Å². The standard InChI is InChI=1S/C22H24N4O2/c1-16-7-9-17(10-8-16)13-25-21-15-24-19(14-26-21)22(27)23-12-11-18-5-3-4-6-20(18)28-2/h3-10,14-15H,11-13H2,1-2H3,(H,23,27)(H,25,26). The molecule has 0 fully saturated rings. The molecule has 0 bridgehead atoms. The number of carbonyl (C=O) groups is 1. The number of benzene rings is 2. The summed E-state index contributed by atoms with van der Waals surface area (Å²) in [6, 6.07) is 16.0. The zero-order chi connectivity index (χ0) is 19.8. The van der Waals surface area contributed by atoms with E-state index in [2.05, 4.69) is 51.8 Å². The molecule has 28 heavy (non-hydrogen) atoms. The summed E-state index contributed by atoms with van der Waals surface area (Å²) < 4.78 is 5.32. The van der Waals surface area contributed by atoms with Crippen molar-refractivity contribution < 1.29 is 9.53 Å². The van der Waals surface area contributed by atoms with Gasteiger partial charge in [-0.1, -0.05) is 48.0 Å². The Kier molecular flexibility index (Phi) is 6.57. The lowest BCUT2D eigenvalue weighted by atomic mass is 10.1. The first-order valence-corrected chi connectivity index (χ1v) is 9.17. The molecule has 0 saturated carbocycles. The molecule has 0 unspecified atom stereocenters. The van der Waals surface area contributed by atoms with E-state index in [0.717, 1.165) is 16.9 Å². The zero-order valence-electron chi connectivity index (χ0n) is 16.1. The van der Waals surface area contributed by atoms with Crippen molar-refractivity contribution in [1.29, 1.82) is 0 Å². The van der Waals surface area contributed by atoms with Crippen molar-refractivity contribution in [2.45, 2.75) is 19.9 Å². The third-order valence-electron chi connectivity index (χ3n) is 4.35. The van der Waals surface area contributed by atoms with Gasteiger partial charge in [0.2, 0.25) is 0 Å². The summed E-state index contributed by atoms with van der Waals surface area (Å²) in [4.78, 5) is 20.7. The van der Waals surface area contributed by atoms with Crippen LogP contribution in [0.4, 0.5) is 5.82 Å². The Balaban J connectivity index is 1.48. The Hall–Kier alpha value is -3.41. The number of para-hydroxylation sites is 1. The molecule has 0 spiro atoms. The van der Waals surface area contributed by atoms with Crippen LogP contribution in [0.2, 0.25) is 0 Å². The van der Waals surface area contributed by atoms with E-state index in [0.29, 0.717) is 31.0 Å². The van der Waals surface area contributed by atoms with E-state index in [-0.39, 0.29) is 5.91 Å². The predicted octanol–water partition coefficient (Wildman–Crippen LogP) is 3.38. The molecular formula is C22H24N4O2. The van der Waals surface area contributed by atoms with Crippen molar-refractivity contribution in [2.24, 2.45) is 0 Å². The second-order valence-electron chi connectivity index (χ2n) is 6.44. The van der Waals surface area contributed by atoms with Crippen LogP contribution < -0.4 is 15.4 Å².